The van der Waals surface area contributed by atoms with Crippen molar-refractivity contribution in [3.8, 4) is 11.5 Å². The van der Waals surface area contributed by atoms with Crippen molar-refractivity contribution in [3.63, 3.8) is 0 Å². The van der Waals surface area contributed by atoms with Gasteiger partial charge in [-0.25, -0.2) is 0 Å². The van der Waals surface area contributed by atoms with E-state index in [4.69, 9.17) is 15.2 Å². The van der Waals surface area contributed by atoms with Crippen LogP contribution in [0.25, 0.3) is 0 Å². The van der Waals surface area contributed by atoms with Gasteiger partial charge in [0.1, 0.15) is 18.1 Å². The van der Waals surface area contributed by atoms with Gasteiger partial charge in [0.2, 0.25) is 0 Å². The standard InChI is InChI=1S/C17H21NO2/c1-12-4-13(2)6-15(5-12)11-20-17-8-14(10-18)7-16(9-17)19-3/h4-9H,10-11,18H2,1-3H3. The summed E-state index contributed by atoms with van der Waals surface area (Å²) in [7, 11) is 1.64. The smallest absolute Gasteiger partial charge is 0.123 e. The molecule has 0 spiro atoms. The molecule has 3 nitrogen and oxygen atoms in total. The summed E-state index contributed by atoms with van der Waals surface area (Å²) in [6, 6.07) is 12.2. The quantitative estimate of drug-likeness (QED) is 0.907. The Bertz CT molecular complexity index is 551. The predicted molar refractivity (Wildman–Crippen MR) is 81.1 cm³/mol. The Hall–Kier alpha value is -2.00. The molecule has 2 aromatic rings. The van der Waals surface area contributed by atoms with E-state index in [0.717, 1.165) is 17.1 Å². The van der Waals surface area contributed by atoms with Crippen molar-refractivity contribution in [3.05, 3.63) is 58.7 Å². The summed E-state index contributed by atoms with van der Waals surface area (Å²) in [5, 5.41) is 0. The van der Waals surface area contributed by atoms with Crippen LogP contribution in [0.2, 0.25) is 0 Å². The third kappa shape index (κ3) is 3.75. The summed E-state index contributed by atoms with van der Waals surface area (Å²) >= 11 is 0. The number of nitrogens with two attached hydrogens (primary N) is 1. The van der Waals surface area contributed by atoms with Crippen LogP contribution >= 0.6 is 0 Å². The molecule has 3 heteroatoms. The van der Waals surface area contributed by atoms with Crippen molar-refractivity contribution >= 4 is 0 Å². The maximum absolute atomic E-state index is 5.85. The normalized spacial score (nSPS) is 10.4. The SMILES string of the molecule is COc1cc(CN)cc(OCc2cc(C)cc(C)c2)c1. The number of rotatable bonds is 5. The lowest BCUT2D eigenvalue weighted by Gasteiger charge is -2.11. The Balaban J connectivity index is 2.13. The lowest BCUT2D eigenvalue weighted by Crippen LogP contribution is -2.00. The summed E-state index contributed by atoms with van der Waals surface area (Å²) in [6.45, 7) is 5.19. The molecule has 0 saturated carbocycles. The molecular formula is C17H21NO2. The van der Waals surface area contributed by atoms with E-state index < -0.39 is 0 Å². The van der Waals surface area contributed by atoms with Gasteiger partial charge in [-0.2, -0.15) is 0 Å². The van der Waals surface area contributed by atoms with Gasteiger partial charge in [0.05, 0.1) is 7.11 Å². The van der Waals surface area contributed by atoms with Crippen molar-refractivity contribution in [1.82, 2.24) is 0 Å². The summed E-state index contributed by atoms with van der Waals surface area (Å²) in [6.07, 6.45) is 0. The van der Waals surface area contributed by atoms with Gasteiger partial charge in [0, 0.05) is 12.6 Å². The van der Waals surface area contributed by atoms with E-state index in [0.29, 0.717) is 13.2 Å². The van der Waals surface area contributed by atoms with Crippen LogP contribution in [0.15, 0.2) is 36.4 Å². The van der Waals surface area contributed by atoms with Crippen LogP contribution in [0.4, 0.5) is 0 Å². The largest absolute Gasteiger partial charge is 0.497 e. The van der Waals surface area contributed by atoms with Gasteiger partial charge in [0.25, 0.3) is 0 Å². The van der Waals surface area contributed by atoms with E-state index in [1.807, 2.05) is 18.2 Å². The van der Waals surface area contributed by atoms with Crippen molar-refractivity contribution in [2.45, 2.75) is 27.0 Å². The second-order valence-corrected chi connectivity index (χ2v) is 5.01. The molecule has 0 aliphatic carbocycles. The molecule has 0 bridgehead atoms. The Morgan fingerprint density at radius 3 is 2.10 bits per heavy atom. The molecule has 2 N–H and O–H groups in total. The number of benzene rings is 2. The molecule has 0 radical (unpaired) electrons. The van der Waals surface area contributed by atoms with Crippen LogP contribution in [0.3, 0.4) is 0 Å². The molecule has 0 unspecified atom stereocenters. The third-order valence-electron chi connectivity index (χ3n) is 3.10. The number of hydrogen-bond acceptors (Lipinski definition) is 3. The summed E-state index contributed by atoms with van der Waals surface area (Å²) < 4.78 is 11.1. The first-order valence-electron chi connectivity index (χ1n) is 6.68. The molecule has 0 aliphatic heterocycles. The second-order valence-electron chi connectivity index (χ2n) is 5.01. The molecule has 106 valence electrons. The zero-order chi connectivity index (χ0) is 14.5. The van der Waals surface area contributed by atoms with E-state index in [2.05, 4.69) is 32.0 Å². The number of ether oxygens (including phenoxy) is 2. The molecule has 0 saturated heterocycles. The van der Waals surface area contributed by atoms with E-state index in [9.17, 15) is 0 Å². The fourth-order valence-electron chi connectivity index (χ4n) is 2.27. The highest BCUT2D eigenvalue weighted by Crippen LogP contribution is 2.23. The van der Waals surface area contributed by atoms with Gasteiger partial charge in [0.15, 0.2) is 0 Å². The summed E-state index contributed by atoms with van der Waals surface area (Å²) in [4.78, 5) is 0. The highest BCUT2D eigenvalue weighted by molar-refractivity contribution is 5.38. The summed E-state index contributed by atoms with van der Waals surface area (Å²) in [5.74, 6) is 1.55. The van der Waals surface area contributed by atoms with Gasteiger partial charge >= 0.3 is 0 Å². The predicted octanol–water partition coefficient (Wildman–Crippen LogP) is 3.35. The van der Waals surface area contributed by atoms with Gasteiger partial charge in [-0.05, 0) is 37.1 Å². The molecule has 0 fully saturated rings. The molecule has 0 amide bonds. The molecule has 0 atom stereocenters. The van der Waals surface area contributed by atoms with Crippen LogP contribution in [0.1, 0.15) is 22.3 Å². The van der Waals surface area contributed by atoms with E-state index in [1.54, 1.807) is 7.11 Å². The minimum atomic E-state index is 0.469. The molecule has 2 aromatic carbocycles. The van der Waals surface area contributed by atoms with E-state index >= 15 is 0 Å². The maximum Gasteiger partial charge on any atom is 0.123 e. The van der Waals surface area contributed by atoms with Crippen LogP contribution in [0.5, 0.6) is 11.5 Å². The molecule has 0 aliphatic rings. The maximum atomic E-state index is 5.85. The average Bonchev–Trinajstić information content (AvgIpc) is 2.43. The zero-order valence-electron chi connectivity index (χ0n) is 12.3. The monoisotopic (exact) mass is 271 g/mol. The first-order chi connectivity index (χ1) is 9.60. The molecule has 20 heavy (non-hydrogen) atoms. The summed E-state index contributed by atoms with van der Waals surface area (Å²) in [5.41, 5.74) is 10.3. The minimum Gasteiger partial charge on any atom is -0.497 e. The fraction of sp³-hybridized carbons (Fsp3) is 0.294. The van der Waals surface area contributed by atoms with Crippen LogP contribution < -0.4 is 15.2 Å². The topological polar surface area (TPSA) is 44.5 Å². The Kier molecular flexibility index (Phi) is 4.64. The lowest BCUT2D eigenvalue weighted by molar-refractivity contribution is 0.303. The molecule has 2 rings (SSSR count). The highest BCUT2D eigenvalue weighted by atomic mass is 16.5. The zero-order valence-corrected chi connectivity index (χ0v) is 12.3. The first kappa shape index (κ1) is 14.4. The number of methoxy groups -OCH3 is 1. The Morgan fingerprint density at radius 2 is 1.50 bits per heavy atom. The minimum absolute atomic E-state index is 0.469. The van der Waals surface area contributed by atoms with Gasteiger partial charge in [-0.3, -0.25) is 0 Å². The van der Waals surface area contributed by atoms with Gasteiger partial charge < -0.3 is 15.2 Å². The third-order valence-corrected chi connectivity index (χ3v) is 3.10. The molecular weight excluding hydrogens is 250 g/mol. The molecule has 0 aromatic heterocycles. The van der Waals surface area contributed by atoms with Crippen LogP contribution in [-0.4, -0.2) is 7.11 Å². The average molecular weight is 271 g/mol. The Labute approximate surface area is 120 Å². The van der Waals surface area contributed by atoms with Crippen LogP contribution in [0, 0.1) is 13.8 Å². The van der Waals surface area contributed by atoms with Gasteiger partial charge in [-0.1, -0.05) is 29.3 Å². The van der Waals surface area contributed by atoms with Gasteiger partial charge in [-0.15, -0.1) is 0 Å². The Morgan fingerprint density at radius 1 is 0.850 bits per heavy atom. The van der Waals surface area contributed by atoms with Crippen molar-refractivity contribution in [1.29, 1.82) is 0 Å². The molecule has 0 heterocycles. The van der Waals surface area contributed by atoms with E-state index in [1.165, 1.54) is 16.7 Å². The van der Waals surface area contributed by atoms with Crippen LogP contribution in [-0.2, 0) is 13.2 Å². The second kappa shape index (κ2) is 6.44. The van der Waals surface area contributed by atoms with Crippen molar-refractivity contribution in [2.24, 2.45) is 5.73 Å². The lowest BCUT2D eigenvalue weighted by atomic mass is 10.1. The van der Waals surface area contributed by atoms with Crippen molar-refractivity contribution in [2.75, 3.05) is 7.11 Å². The number of hydrogen-bond donors (Lipinski definition) is 1. The highest BCUT2D eigenvalue weighted by Gasteiger charge is 2.03. The first-order valence-corrected chi connectivity index (χ1v) is 6.68. The number of aryl methyl sites for hydroxylation is 2. The fourth-order valence-corrected chi connectivity index (χ4v) is 2.27. The van der Waals surface area contributed by atoms with Crippen molar-refractivity contribution < 1.29 is 9.47 Å². The van der Waals surface area contributed by atoms with E-state index in [-0.39, 0.29) is 0 Å².